The lowest BCUT2D eigenvalue weighted by molar-refractivity contribution is 0.305. The molecule has 0 radical (unpaired) electrons. The van der Waals surface area contributed by atoms with Gasteiger partial charge in [-0.1, -0.05) is 12.1 Å². The summed E-state index contributed by atoms with van der Waals surface area (Å²) < 4.78 is 0. The molecule has 1 aromatic carbocycles. The summed E-state index contributed by atoms with van der Waals surface area (Å²) in [6, 6.07) is 5.98. The number of nitrogens with zero attached hydrogens (tertiary/aromatic N) is 1. The maximum Gasteiger partial charge on any atom is 0.0421 e. The molecule has 3 N–H and O–H groups in total. The Labute approximate surface area is 151 Å². The molecule has 0 aromatic heterocycles. The van der Waals surface area contributed by atoms with Crippen LogP contribution in [-0.4, -0.2) is 37.1 Å². The third-order valence-electron chi connectivity index (χ3n) is 5.94. The molecule has 3 heterocycles. The van der Waals surface area contributed by atoms with Crippen molar-refractivity contribution in [2.45, 2.75) is 50.7 Å². The van der Waals surface area contributed by atoms with E-state index in [2.05, 4.69) is 71.5 Å². The SMILES string of the molecule is CC1CC(c2cc3c(c(NC4CCNCC4)c2)CNC=C3)C=CN1C. The van der Waals surface area contributed by atoms with Crippen LogP contribution in [0.2, 0.25) is 0 Å². The first-order valence-electron chi connectivity index (χ1n) is 9.65. The molecule has 0 aliphatic carbocycles. The van der Waals surface area contributed by atoms with Gasteiger partial charge in [0.05, 0.1) is 0 Å². The number of hydrogen-bond acceptors (Lipinski definition) is 4. The molecule has 25 heavy (non-hydrogen) atoms. The molecule has 134 valence electrons. The Morgan fingerprint density at radius 3 is 2.84 bits per heavy atom. The van der Waals surface area contributed by atoms with Crippen molar-refractivity contribution in [2.24, 2.45) is 0 Å². The Morgan fingerprint density at radius 1 is 1.20 bits per heavy atom. The van der Waals surface area contributed by atoms with E-state index in [4.69, 9.17) is 0 Å². The minimum absolute atomic E-state index is 0.508. The van der Waals surface area contributed by atoms with E-state index in [1.54, 1.807) is 0 Å². The molecule has 3 aliphatic rings. The number of allylic oxidation sites excluding steroid dienone is 1. The lowest BCUT2D eigenvalue weighted by atomic mass is 9.86. The van der Waals surface area contributed by atoms with Gasteiger partial charge in [-0.05, 0) is 74.9 Å². The van der Waals surface area contributed by atoms with E-state index in [0.717, 1.165) is 19.6 Å². The minimum atomic E-state index is 0.508. The molecule has 4 heteroatoms. The smallest absolute Gasteiger partial charge is 0.0421 e. The van der Waals surface area contributed by atoms with Gasteiger partial charge in [0, 0.05) is 42.8 Å². The first-order chi connectivity index (χ1) is 12.2. The molecule has 0 amide bonds. The predicted octanol–water partition coefficient (Wildman–Crippen LogP) is 3.25. The summed E-state index contributed by atoms with van der Waals surface area (Å²) in [6.45, 7) is 5.46. The molecular weight excluding hydrogens is 308 g/mol. The quantitative estimate of drug-likeness (QED) is 0.791. The fraction of sp³-hybridized carbons (Fsp3) is 0.524. The van der Waals surface area contributed by atoms with Crippen LogP contribution in [0.15, 0.2) is 30.6 Å². The van der Waals surface area contributed by atoms with Crippen molar-refractivity contribution in [2.75, 3.05) is 25.5 Å². The van der Waals surface area contributed by atoms with E-state index in [0.29, 0.717) is 18.0 Å². The summed E-state index contributed by atoms with van der Waals surface area (Å²) in [5.41, 5.74) is 5.55. The number of anilines is 1. The lowest BCUT2D eigenvalue weighted by Gasteiger charge is -2.33. The molecule has 0 spiro atoms. The summed E-state index contributed by atoms with van der Waals surface area (Å²) in [7, 11) is 2.17. The number of piperidine rings is 1. The van der Waals surface area contributed by atoms with Crippen LogP contribution < -0.4 is 16.0 Å². The van der Waals surface area contributed by atoms with Crippen molar-refractivity contribution in [1.82, 2.24) is 15.5 Å². The van der Waals surface area contributed by atoms with E-state index < -0.39 is 0 Å². The standard InChI is InChI=1S/C21H30N4/c1-15-11-16(6-10-25(15)2)18-12-17-3-7-23-14-20(17)21(13-18)24-19-4-8-22-9-5-19/h3,6-7,10,12-13,15-16,19,22-24H,4-5,8-9,11,14H2,1-2H3. The second-order valence-electron chi connectivity index (χ2n) is 7.72. The molecule has 4 rings (SSSR count). The topological polar surface area (TPSA) is 39.3 Å². The van der Waals surface area contributed by atoms with Crippen LogP contribution >= 0.6 is 0 Å². The number of fused-ring (bicyclic) bond motifs is 1. The van der Waals surface area contributed by atoms with E-state index in [1.807, 2.05) is 0 Å². The van der Waals surface area contributed by atoms with Gasteiger partial charge in [0.1, 0.15) is 0 Å². The third kappa shape index (κ3) is 3.54. The number of rotatable bonds is 3. The Bertz CT molecular complexity index is 673. The average Bonchev–Trinajstić information content (AvgIpc) is 2.65. The van der Waals surface area contributed by atoms with Gasteiger partial charge >= 0.3 is 0 Å². The average molecular weight is 338 g/mol. The Balaban J connectivity index is 1.65. The highest BCUT2D eigenvalue weighted by Gasteiger charge is 2.23. The Morgan fingerprint density at radius 2 is 2.04 bits per heavy atom. The first kappa shape index (κ1) is 16.5. The fourth-order valence-corrected chi connectivity index (χ4v) is 4.15. The second-order valence-corrected chi connectivity index (χ2v) is 7.72. The van der Waals surface area contributed by atoms with E-state index in [1.165, 1.54) is 41.6 Å². The molecule has 4 nitrogen and oxygen atoms in total. The highest BCUT2D eigenvalue weighted by Crippen LogP contribution is 2.35. The van der Waals surface area contributed by atoms with Crippen molar-refractivity contribution < 1.29 is 0 Å². The van der Waals surface area contributed by atoms with Crippen molar-refractivity contribution in [3.8, 4) is 0 Å². The van der Waals surface area contributed by atoms with Crippen LogP contribution in [-0.2, 0) is 6.54 Å². The third-order valence-corrected chi connectivity index (χ3v) is 5.94. The Kier molecular flexibility index (Phi) is 4.71. The summed E-state index contributed by atoms with van der Waals surface area (Å²) in [4.78, 5) is 2.31. The van der Waals surface area contributed by atoms with Crippen LogP contribution in [0.25, 0.3) is 6.08 Å². The van der Waals surface area contributed by atoms with Gasteiger partial charge in [0.2, 0.25) is 0 Å². The zero-order valence-corrected chi connectivity index (χ0v) is 15.4. The van der Waals surface area contributed by atoms with Crippen molar-refractivity contribution >= 4 is 11.8 Å². The van der Waals surface area contributed by atoms with Crippen molar-refractivity contribution in [3.63, 3.8) is 0 Å². The molecule has 2 atom stereocenters. The Hall–Kier alpha value is -1.94. The van der Waals surface area contributed by atoms with Gasteiger partial charge in [0.25, 0.3) is 0 Å². The maximum atomic E-state index is 3.86. The molecule has 1 saturated heterocycles. The second kappa shape index (κ2) is 7.12. The zero-order valence-electron chi connectivity index (χ0n) is 15.4. The first-order valence-corrected chi connectivity index (χ1v) is 9.65. The molecular formula is C21H30N4. The summed E-state index contributed by atoms with van der Waals surface area (Å²) in [5, 5.41) is 10.7. The summed E-state index contributed by atoms with van der Waals surface area (Å²) in [5.74, 6) is 0.508. The number of nitrogens with one attached hydrogen (secondary N) is 3. The van der Waals surface area contributed by atoms with Gasteiger partial charge in [-0.15, -0.1) is 0 Å². The summed E-state index contributed by atoms with van der Waals surface area (Å²) >= 11 is 0. The molecule has 0 saturated carbocycles. The monoisotopic (exact) mass is 338 g/mol. The van der Waals surface area contributed by atoms with Crippen LogP contribution in [0.4, 0.5) is 5.69 Å². The molecule has 2 unspecified atom stereocenters. The minimum Gasteiger partial charge on any atom is -0.387 e. The lowest BCUT2D eigenvalue weighted by Crippen LogP contribution is -2.35. The van der Waals surface area contributed by atoms with Gasteiger partial charge < -0.3 is 20.9 Å². The molecule has 3 aliphatic heterocycles. The van der Waals surface area contributed by atoms with E-state index in [9.17, 15) is 0 Å². The fourth-order valence-electron chi connectivity index (χ4n) is 4.15. The number of benzene rings is 1. The van der Waals surface area contributed by atoms with Gasteiger partial charge in [-0.3, -0.25) is 0 Å². The molecule has 0 bridgehead atoms. The molecule has 1 fully saturated rings. The van der Waals surface area contributed by atoms with E-state index >= 15 is 0 Å². The normalized spacial score (nSPS) is 26.2. The summed E-state index contributed by atoms with van der Waals surface area (Å²) in [6.07, 6.45) is 12.5. The zero-order chi connectivity index (χ0) is 17.2. The van der Waals surface area contributed by atoms with Crippen molar-refractivity contribution in [1.29, 1.82) is 0 Å². The highest BCUT2D eigenvalue weighted by molar-refractivity contribution is 5.68. The van der Waals surface area contributed by atoms with Crippen molar-refractivity contribution in [3.05, 3.63) is 47.3 Å². The van der Waals surface area contributed by atoms with Crippen LogP contribution in [0.3, 0.4) is 0 Å². The molecule has 1 aromatic rings. The van der Waals surface area contributed by atoms with Crippen LogP contribution in [0.5, 0.6) is 0 Å². The predicted molar refractivity (Wildman–Crippen MR) is 106 cm³/mol. The van der Waals surface area contributed by atoms with Gasteiger partial charge in [-0.25, -0.2) is 0 Å². The maximum absolute atomic E-state index is 3.86. The van der Waals surface area contributed by atoms with Gasteiger partial charge in [0.15, 0.2) is 0 Å². The van der Waals surface area contributed by atoms with Gasteiger partial charge in [-0.2, -0.15) is 0 Å². The highest BCUT2D eigenvalue weighted by atomic mass is 15.1. The van der Waals surface area contributed by atoms with E-state index in [-0.39, 0.29) is 0 Å². The van der Waals surface area contributed by atoms with Crippen LogP contribution in [0.1, 0.15) is 48.8 Å². The van der Waals surface area contributed by atoms with Crippen LogP contribution in [0, 0.1) is 0 Å². The number of hydrogen-bond donors (Lipinski definition) is 3. The largest absolute Gasteiger partial charge is 0.387 e.